The number of β-lactam (4-membered cyclic amide) rings is 1. The zero-order valence-electron chi connectivity index (χ0n) is 30.3. The topological polar surface area (TPSA) is 130 Å². The van der Waals surface area contributed by atoms with Crippen LogP contribution in [0.4, 0.5) is 0 Å². The standard InChI is InChI=1S/C42H49NO8S/c1-5-6-8-13-28-21-35(45)38(33-20-27(4)18-19-32(33)26(2)3)36(22-28)51-37(46)17-12-11-14-29-25-52-41-34(40(47)43(41)39(29)42(48)49)23-30(44)24-50-31-15-9-7-10-16-31/h7,9-11,14-16,20-22,32-34,41,45H,2,5-6,8,12-13,17-19,23-25H2,1,3-4H3,(H,48,49)/b14-11+/t32-,33+,34+,41+/m0/s1. The number of benzene rings is 2. The number of hydrogen-bond acceptors (Lipinski definition) is 8. The summed E-state index contributed by atoms with van der Waals surface area (Å²) < 4.78 is 11.5. The smallest absolute Gasteiger partial charge is 0.352 e. The molecule has 2 N–H and O–H groups in total. The van der Waals surface area contributed by atoms with Crippen LogP contribution in [-0.2, 0) is 25.6 Å². The fourth-order valence-electron chi connectivity index (χ4n) is 7.21. The molecular formula is C42H49NO8S. The average Bonchev–Trinajstić information content (AvgIpc) is 3.11. The molecule has 2 aromatic rings. The molecule has 3 aliphatic rings. The van der Waals surface area contributed by atoms with E-state index >= 15 is 0 Å². The fraction of sp³-hybridized carbons (Fsp3) is 0.429. The van der Waals surface area contributed by atoms with Gasteiger partial charge in [0.2, 0.25) is 5.91 Å². The van der Waals surface area contributed by atoms with Gasteiger partial charge in [-0.15, -0.1) is 11.8 Å². The number of para-hydroxylation sites is 1. The monoisotopic (exact) mass is 727 g/mol. The second-order valence-corrected chi connectivity index (χ2v) is 15.1. The Labute approximate surface area is 310 Å². The number of phenols is 1. The second kappa shape index (κ2) is 17.8. The number of ether oxygens (including phenoxy) is 2. The number of thioether (sulfide) groups is 1. The summed E-state index contributed by atoms with van der Waals surface area (Å²) in [6.07, 6.45) is 11.5. The first-order valence-electron chi connectivity index (χ1n) is 18.1. The summed E-state index contributed by atoms with van der Waals surface area (Å²) in [4.78, 5) is 52.6. The quantitative estimate of drug-likeness (QED) is 0.0544. The van der Waals surface area contributed by atoms with E-state index in [2.05, 4.69) is 26.5 Å². The third kappa shape index (κ3) is 9.26. The Hall–Kier alpha value is -4.57. The normalized spacial score (nSPS) is 21.3. The predicted molar refractivity (Wildman–Crippen MR) is 202 cm³/mol. The van der Waals surface area contributed by atoms with E-state index in [4.69, 9.17) is 9.47 Å². The Balaban J connectivity index is 1.24. The molecule has 2 aliphatic heterocycles. The van der Waals surface area contributed by atoms with Crippen molar-refractivity contribution in [1.29, 1.82) is 0 Å². The number of amides is 1. The van der Waals surface area contributed by atoms with Gasteiger partial charge in [-0.2, -0.15) is 0 Å². The number of carbonyl (C=O) groups excluding carboxylic acids is 3. The first-order valence-corrected chi connectivity index (χ1v) is 19.2. The number of carboxylic acids is 1. The summed E-state index contributed by atoms with van der Waals surface area (Å²) >= 11 is 1.42. The molecule has 0 radical (unpaired) electrons. The number of carboxylic acid groups (broad SMARTS) is 1. The SMILES string of the molecule is C=C(C)[C@@H]1CCC(C)=C[C@H]1c1c(O)cc(CCCCC)cc1OC(=O)CC/C=C/C1=C(C(=O)O)N2C(=O)[C@@H](CC(=O)COc3ccccc3)[C@H]2SC1. The number of aromatic hydroxyl groups is 1. The van der Waals surface area contributed by atoms with E-state index in [1.165, 1.54) is 22.2 Å². The van der Waals surface area contributed by atoms with Crippen molar-refractivity contribution in [2.75, 3.05) is 12.4 Å². The van der Waals surface area contributed by atoms with Crippen molar-refractivity contribution in [2.45, 2.75) is 89.9 Å². The van der Waals surface area contributed by atoms with Crippen LogP contribution in [0.15, 0.2) is 89.7 Å². The third-order valence-corrected chi connectivity index (χ3v) is 11.3. The highest BCUT2D eigenvalue weighted by molar-refractivity contribution is 8.00. The average molecular weight is 728 g/mol. The molecule has 0 bridgehead atoms. The zero-order chi connectivity index (χ0) is 37.4. The van der Waals surface area contributed by atoms with E-state index in [-0.39, 0.29) is 54.9 Å². The van der Waals surface area contributed by atoms with Gasteiger partial charge >= 0.3 is 11.9 Å². The Bertz CT molecular complexity index is 1780. The third-order valence-electron chi connectivity index (χ3n) is 9.92. The van der Waals surface area contributed by atoms with E-state index in [0.29, 0.717) is 28.4 Å². The molecule has 2 heterocycles. The minimum Gasteiger partial charge on any atom is -0.507 e. The molecule has 5 rings (SSSR count). The number of fused-ring (bicyclic) bond motifs is 1. The fourth-order valence-corrected chi connectivity index (χ4v) is 8.59. The number of aliphatic carboxylic acids is 1. The molecule has 1 aliphatic carbocycles. The van der Waals surface area contributed by atoms with Gasteiger partial charge in [0.1, 0.15) is 29.6 Å². The minimum atomic E-state index is -1.22. The lowest BCUT2D eigenvalue weighted by molar-refractivity contribution is -0.154. The molecule has 0 aromatic heterocycles. The van der Waals surface area contributed by atoms with E-state index in [0.717, 1.165) is 49.7 Å². The lowest BCUT2D eigenvalue weighted by Crippen LogP contribution is -2.61. The number of Topliss-reactive ketones (excluding diaryl/α,β-unsaturated/α-hetero) is 1. The number of unbranched alkanes of at least 4 members (excludes halogenated alkanes) is 2. The van der Waals surface area contributed by atoms with Crippen molar-refractivity contribution < 1.29 is 38.9 Å². The summed E-state index contributed by atoms with van der Waals surface area (Å²) in [5, 5.41) is 21.0. The minimum absolute atomic E-state index is 0.0222. The highest BCUT2D eigenvalue weighted by atomic mass is 32.2. The molecule has 10 heteroatoms. The van der Waals surface area contributed by atoms with Crippen molar-refractivity contribution >= 4 is 35.4 Å². The van der Waals surface area contributed by atoms with Crippen LogP contribution in [-0.4, -0.2) is 56.5 Å². The van der Waals surface area contributed by atoms with Gasteiger partial charge in [0, 0.05) is 30.1 Å². The number of carbonyl (C=O) groups is 4. The van der Waals surface area contributed by atoms with Crippen molar-refractivity contribution in [3.8, 4) is 17.2 Å². The van der Waals surface area contributed by atoms with Gasteiger partial charge < -0.3 is 19.7 Å². The first kappa shape index (κ1) is 38.7. The van der Waals surface area contributed by atoms with Gasteiger partial charge in [-0.05, 0) is 87.3 Å². The molecule has 4 atom stereocenters. The number of esters is 1. The van der Waals surface area contributed by atoms with Crippen LogP contribution in [0.3, 0.4) is 0 Å². The summed E-state index contributed by atoms with van der Waals surface area (Å²) in [5.74, 6) is -1.61. The summed E-state index contributed by atoms with van der Waals surface area (Å²) in [6, 6.07) is 12.6. The summed E-state index contributed by atoms with van der Waals surface area (Å²) in [5.41, 5.74) is 4.11. The highest BCUT2D eigenvalue weighted by Gasteiger charge is 2.53. The Kier molecular flexibility index (Phi) is 13.2. The summed E-state index contributed by atoms with van der Waals surface area (Å²) in [6.45, 7) is 10.3. The van der Waals surface area contributed by atoms with E-state index in [9.17, 15) is 29.4 Å². The molecule has 0 unspecified atom stereocenters. The molecule has 2 aromatic carbocycles. The lowest BCUT2D eigenvalue weighted by Gasteiger charge is -2.49. The predicted octanol–water partition coefficient (Wildman–Crippen LogP) is 8.29. The molecule has 52 heavy (non-hydrogen) atoms. The molecule has 0 saturated carbocycles. The van der Waals surface area contributed by atoms with Crippen LogP contribution in [0.5, 0.6) is 17.2 Å². The Morgan fingerprint density at radius 1 is 1.13 bits per heavy atom. The van der Waals surface area contributed by atoms with Gasteiger partial charge in [-0.3, -0.25) is 19.3 Å². The van der Waals surface area contributed by atoms with Gasteiger partial charge in [0.25, 0.3) is 0 Å². The molecule has 9 nitrogen and oxygen atoms in total. The zero-order valence-corrected chi connectivity index (χ0v) is 31.1. The van der Waals surface area contributed by atoms with Gasteiger partial charge in [0.05, 0.1) is 11.3 Å². The number of phenolic OH excluding ortho intramolecular Hbond substituents is 1. The number of hydrogen-bond donors (Lipinski definition) is 2. The summed E-state index contributed by atoms with van der Waals surface area (Å²) in [7, 11) is 0. The number of rotatable bonds is 17. The molecular weight excluding hydrogens is 679 g/mol. The van der Waals surface area contributed by atoms with Crippen LogP contribution in [0.25, 0.3) is 0 Å². The largest absolute Gasteiger partial charge is 0.507 e. The van der Waals surface area contributed by atoms with Crippen LogP contribution in [0.1, 0.15) is 89.2 Å². The Morgan fingerprint density at radius 2 is 1.90 bits per heavy atom. The Morgan fingerprint density at radius 3 is 2.62 bits per heavy atom. The van der Waals surface area contributed by atoms with Gasteiger partial charge in [-0.1, -0.05) is 73.9 Å². The maximum atomic E-state index is 13.3. The molecule has 0 spiro atoms. The lowest BCUT2D eigenvalue weighted by atomic mass is 9.73. The number of aryl methyl sites for hydroxylation is 1. The number of ketones is 1. The van der Waals surface area contributed by atoms with Crippen molar-refractivity contribution in [3.63, 3.8) is 0 Å². The first-order chi connectivity index (χ1) is 25.0. The van der Waals surface area contributed by atoms with Crippen LogP contribution in [0, 0.1) is 11.8 Å². The molecule has 1 saturated heterocycles. The molecule has 1 amide bonds. The second-order valence-electron chi connectivity index (χ2n) is 14.0. The van der Waals surface area contributed by atoms with Crippen molar-refractivity contribution in [1.82, 2.24) is 4.90 Å². The van der Waals surface area contributed by atoms with Crippen molar-refractivity contribution in [3.05, 3.63) is 101 Å². The molecule has 276 valence electrons. The molecule has 1 fully saturated rings. The van der Waals surface area contributed by atoms with Crippen LogP contribution < -0.4 is 9.47 Å². The van der Waals surface area contributed by atoms with Crippen LogP contribution >= 0.6 is 11.8 Å². The number of allylic oxidation sites excluding steroid dienone is 5. The maximum absolute atomic E-state index is 13.3. The van der Waals surface area contributed by atoms with Crippen LogP contribution in [0.2, 0.25) is 0 Å². The number of nitrogens with zero attached hydrogens (tertiary/aromatic N) is 1. The highest BCUT2D eigenvalue weighted by Crippen LogP contribution is 2.48. The maximum Gasteiger partial charge on any atom is 0.352 e. The van der Waals surface area contributed by atoms with E-state index in [1.54, 1.807) is 42.5 Å². The van der Waals surface area contributed by atoms with E-state index < -0.39 is 29.1 Å². The van der Waals surface area contributed by atoms with E-state index in [1.807, 2.05) is 19.1 Å². The van der Waals surface area contributed by atoms with Gasteiger partial charge in [0.15, 0.2) is 5.78 Å². The van der Waals surface area contributed by atoms with Gasteiger partial charge in [-0.25, -0.2) is 4.79 Å². The van der Waals surface area contributed by atoms with Crippen molar-refractivity contribution in [2.24, 2.45) is 11.8 Å².